The van der Waals surface area contributed by atoms with Crippen LogP contribution in [-0.4, -0.2) is 67.8 Å². The summed E-state index contributed by atoms with van der Waals surface area (Å²) in [5, 5.41) is 2.98. The molecule has 2 fully saturated rings. The monoisotopic (exact) mass is 448 g/mol. The van der Waals surface area contributed by atoms with E-state index in [-0.39, 0.29) is 5.91 Å². The number of carbonyl (C=O) groups is 1. The molecule has 3 aliphatic rings. The first kappa shape index (κ1) is 20.5. The molecule has 172 valence electrons. The molecule has 8 nitrogen and oxygen atoms in total. The minimum absolute atomic E-state index is 0.145. The van der Waals surface area contributed by atoms with Gasteiger partial charge in [0, 0.05) is 43.9 Å². The zero-order chi connectivity index (χ0) is 22.4. The maximum atomic E-state index is 12.8. The topological polar surface area (TPSA) is 80.1 Å². The van der Waals surface area contributed by atoms with E-state index in [4.69, 9.17) is 18.9 Å². The van der Waals surface area contributed by atoms with Gasteiger partial charge in [-0.15, -0.1) is 0 Å². The highest BCUT2D eigenvalue weighted by atomic mass is 16.5. The number of anilines is 2. The van der Waals surface area contributed by atoms with Crippen LogP contribution in [0.25, 0.3) is 11.1 Å². The Morgan fingerprint density at radius 3 is 2.79 bits per heavy atom. The van der Waals surface area contributed by atoms with Crippen molar-refractivity contribution in [1.82, 2.24) is 9.88 Å². The van der Waals surface area contributed by atoms with Crippen LogP contribution in [0.1, 0.15) is 28.8 Å². The van der Waals surface area contributed by atoms with Crippen molar-refractivity contribution in [3.05, 3.63) is 47.5 Å². The first-order valence-corrected chi connectivity index (χ1v) is 11.7. The average molecular weight is 449 g/mol. The van der Waals surface area contributed by atoms with Crippen molar-refractivity contribution < 1.29 is 18.7 Å². The SMILES string of the molecule is CN(c1nc2cc(NC(=O)c3ccc4c(c3)CCO4)ccc2o1)C1CCN(C2COC2)CC1. The van der Waals surface area contributed by atoms with Gasteiger partial charge < -0.3 is 24.1 Å². The molecule has 3 aromatic rings. The highest BCUT2D eigenvalue weighted by Gasteiger charge is 2.31. The molecule has 1 aromatic heterocycles. The highest BCUT2D eigenvalue weighted by molar-refractivity contribution is 6.05. The van der Waals surface area contributed by atoms with Gasteiger partial charge in [-0.3, -0.25) is 9.69 Å². The summed E-state index contributed by atoms with van der Waals surface area (Å²) in [4.78, 5) is 22.2. The lowest BCUT2D eigenvalue weighted by molar-refractivity contribution is -0.0711. The molecule has 0 bridgehead atoms. The molecular formula is C25H28N4O4. The number of hydrogen-bond acceptors (Lipinski definition) is 7. The molecule has 0 radical (unpaired) electrons. The molecule has 0 spiro atoms. The third kappa shape index (κ3) is 3.94. The van der Waals surface area contributed by atoms with Gasteiger partial charge in [0.15, 0.2) is 5.58 Å². The number of rotatable bonds is 5. The summed E-state index contributed by atoms with van der Waals surface area (Å²) in [7, 11) is 2.05. The van der Waals surface area contributed by atoms with Gasteiger partial charge in [-0.25, -0.2) is 0 Å². The summed E-state index contributed by atoms with van der Waals surface area (Å²) in [6, 6.07) is 12.8. The number of ether oxygens (including phenoxy) is 2. The van der Waals surface area contributed by atoms with E-state index < -0.39 is 0 Å². The molecule has 33 heavy (non-hydrogen) atoms. The first-order chi connectivity index (χ1) is 16.1. The molecule has 6 rings (SSSR count). The van der Waals surface area contributed by atoms with Crippen LogP contribution < -0.4 is 15.0 Å². The number of aromatic nitrogens is 1. The lowest BCUT2D eigenvalue weighted by Gasteiger charge is -2.42. The number of nitrogens with one attached hydrogen (secondary N) is 1. The van der Waals surface area contributed by atoms with Gasteiger partial charge in [0.25, 0.3) is 11.9 Å². The Balaban J connectivity index is 1.13. The van der Waals surface area contributed by atoms with Crippen LogP contribution in [0.4, 0.5) is 11.7 Å². The first-order valence-electron chi connectivity index (χ1n) is 11.7. The lowest BCUT2D eigenvalue weighted by atomic mass is 10.0. The number of likely N-dealkylation sites (tertiary alicyclic amines) is 1. The van der Waals surface area contributed by atoms with Gasteiger partial charge in [0.2, 0.25) is 0 Å². The van der Waals surface area contributed by atoms with E-state index in [2.05, 4.69) is 22.2 Å². The van der Waals surface area contributed by atoms with Gasteiger partial charge >= 0.3 is 0 Å². The number of piperidine rings is 1. The molecule has 2 saturated heterocycles. The maximum Gasteiger partial charge on any atom is 0.298 e. The van der Waals surface area contributed by atoms with Crippen LogP contribution in [0.3, 0.4) is 0 Å². The van der Waals surface area contributed by atoms with Crippen molar-refractivity contribution in [2.75, 3.05) is 50.2 Å². The van der Waals surface area contributed by atoms with Crippen molar-refractivity contribution >= 4 is 28.7 Å². The second-order valence-corrected chi connectivity index (χ2v) is 9.12. The minimum Gasteiger partial charge on any atom is -0.493 e. The number of carbonyl (C=O) groups excluding carboxylic acids is 1. The Hall–Kier alpha value is -3.10. The second kappa shape index (κ2) is 8.35. The number of nitrogens with zero attached hydrogens (tertiary/aromatic N) is 3. The quantitative estimate of drug-likeness (QED) is 0.641. The summed E-state index contributed by atoms with van der Waals surface area (Å²) in [5.74, 6) is 0.725. The van der Waals surface area contributed by atoms with E-state index in [0.717, 1.165) is 62.4 Å². The Morgan fingerprint density at radius 1 is 1.15 bits per heavy atom. The van der Waals surface area contributed by atoms with Crippen molar-refractivity contribution in [2.24, 2.45) is 0 Å². The van der Waals surface area contributed by atoms with Gasteiger partial charge in [0.05, 0.1) is 25.9 Å². The van der Waals surface area contributed by atoms with E-state index in [1.165, 1.54) is 0 Å². The zero-order valence-corrected chi connectivity index (χ0v) is 18.8. The molecule has 0 atom stereocenters. The van der Waals surface area contributed by atoms with Crippen LogP contribution in [0.5, 0.6) is 5.75 Å². The second-order valence-electron chi connectivity index (χ2n) is 9.12. The molecule has 2 aromatic carbocycles. The highest BCUT2D eigenvalue weighted by Crippen LogP contribution is 2.29. The fraction of sp³-hybridized carbons (Fsp3) is 0.440. The average Bonchev–Trinajstić information content (AvgIpc) is 3.44. The normalized spacial score (nSPS) is 19.2. The minimum atomic E-state index is -0.145. The van der Waals surface area contributed by atoms with E-state index >= 15 is 0 Å². The molecule has 4 heterocycles. The summed E-state index contributed by atoms with van der Waals surface area (Å²) < 4.78 is 16.9. The van der Waals surface area contributed by atoms with Crippen molar-refractivity contribution in [3.63, 3.8) is 0 Å². The van der Waals surface area contributed by atoms with Crippen molar-refractivity contribution in [3.8, 4) is 5.75 Å². The molecule has 0 aliphatic carbocycles. The number of benzene rings is 2. The number of oxazole rings is 1. The fourth-order valence-electron chi connectivity index (χ4n) is 4.90. The van der Waals surface area contributed by atoms with Gasteiger partial charge in [0.1, 0.15) is 11.3 Å². The Bertz CT molecular complexity index is 1180. The summed E-state index contributed by atoms with van der Waals surface area (Å²) in [6.45, 7) is 4.56. The molecule has 3 aliphatic heterocycles. The van der Waals surface area contributed by atoms with E-state index in [9.17, 15) is 4.79 Å². The van der Waals surface area contributed by atoms with Gasteiger partial charge in [-0.1, -0.05) is 0 Å². The Labute approximate surface area is 192 Å². The molecule has 8 heteroatoms. The Kier molecular flexibility index (Phi) is 5.19. The summed E-state index contributed by atoms with van der Waals surface area (Å²) >= 11 is 0. The standard InChI is InChI=1S/C25H28N4O4/c1-28(19-6-9-29(10-7-19)20-14-31-15-20)25-27-21-13-18(3-5-23(21)33-25)26-24(30)17-2-4-22-16(12-17)8-11-32-22/h2-5,12-13,19-20H,6-11,14-15H2,1H3,(H,26,30). The molecular weight excluding hydrogens is 420 g/mol. The van der Waals surface area contributed by atoms with Gasteiger partial charge in [-0.2, -0.15) is 4.98 Å². The largest absolute Gasteiger partial charge is 0.493 e. The molecule has 1 N–H and O–H groups in total. The van der Waals surface area contributed by atoms with Crippen LogP contribution in [-0.2, 0) is 11.2 Å². The van der Waals surface area contributed by atoms with Crippen molar-refractivity contribution in [2.45, 2.75) is 31.3 Å². The van der Waals surface area contributed by atoms with Crippen LogP contribution >= 0.6 is 0 Å². The summed E-state index contributed by atoms with van der Waals surface area (Å²) in [5.41, 5.74) is 3.85. The van der Waals surface area contributed by atoms with Crippen LogP contribution in [0.15, 0.2) is 40.8 Å². The predicted molar refractivity (Wildman–Crippen MR) is 125 cm³/mol. The fourth-order valence-corrected chi connectivity index (χ4v) is 4.90. The van der Waals surface area contributed by atoms with E-state index in [0.29, 0.717) is 41.5 Å². The van der Waals surface area contributed by atoms with Crippen LogP contribution in [0, 0.1) is 0 Å². The van der Waals surface area contributed by atoms with Crippen molar-refractivity contribution in [1.29, 1.82) is 0 Å². The zero-order valence-electron chi connectivity index (χ0n) is 18.8. The lowest BCUT2D eigenvalue weighted by Crippen LogP contribution is -2.54. The van der Waals surface area contributed by atoms with E-state index in [1.807, 2.05) is 30.3 Å². The third-order valence-electron chi connectivity index (χ3n) is 7.07. The molecule has 1 amide bonds. The number of amides is 1. The van der Waals surface area contributed by atoms with Gasteiger partial charge in [-0.05, 0) is 54.8 Å². The summed E-state index contributed by atoms with van der Waals surface area (Å²) in [6.07, 6.45) is 3.00. The number of hydrogen-bond donors (Lipinski definition) is 1. The number of fused-ring (bicyclic) bond motifs is 2. The maximum absolute atomic E-state index is 12.8. The predicted octanol–water partition coefficient (Wildman–Crippen LogP) is 3.31. The molecule has 0 saturated carbocycles. The smallest absolute Gasteiger partial charge is 0.298 e. The van der Waals surface area contributed by atoms with E-state index in [1.54, 1.807) is 6.07 Å². The Morgan fingerprint density at radius 2 is 2.00 bits per heavy atom. The molecule has 0 unspecified atom stereocenters. The third-order valence-corrected chi connectivity index (χ3v) is 7.07. The van der Waals surface area contributed by atoms with Crippen LogP contribution in [0.2, 0.25) is 0 Å².